The Morgan fingerprint density at radius 2 is 0.812 bits per heavy atom. The van der Waals surface area contributed by atoms with Crippen molar-refractivity contribution in [1.82, 2.24) is 9.13 Å². The highest BCUT2D eigenvalue weighted by Gasteiger charge is 2.25. The summed E-state index contributed by atoms with van der Waals surface area (Å²) < 4.78 is 11.4. The Kier molecular flexibility index (Phi) is 8.69. The van der Waals surface area contributed by atoms with Crippen LogP contribution in [0.25, 0.3) is 110 Å². The molecule has 0 saturated carbocycles. The number of furan rings is 1. The predicted molar refractivity (Wildman–Crippen MR) is 296 cm³/mol. The van der Waals surface area contributed by atoms with Gasteiger partial charge in [0.15, 0.2) is 0 Å². The summed E-state index contributed by atoms with van der Waals surface area (Å²) >= 11 is 0. The number of hydrogen-bond donors (Lipinski definition) is 0. The zero-order valence-electron chi connectivity index (χ0n) is 37.4. The summed E-state index contributed by atoms with van der Waals surface area (Å²) in [6, 6.07) is 59.6. The Hall–Kier alpha value is -7.17. The Morgan fingerprint density at radius 1 is 0.312 bits per heavy atom. The van der Waals surface area contributed by atoms with E-state index in [1.165, 1.54) is 121 Å². The first kappa shape index (κ1) is 38.5. The average molecular weight is 810 g/mol. The third kappa shape index (κ3) is 5.58. The lowest BCUT2D eigenvalue weighted by Crippen LogP contribution is -2.48. The molecule has 0 atom stereocenters. The second kappa shape index (κ2) is 14.4. The summed E-state index contributed by atoms with van der Waals surface area (Å²) in [5, 5.41) is 7.43. The SMILES string of the molecule is Bc1c(B)c(B)c2c(c1B)c1c(B)c(-c3ccc4c(c3)c3cc(-c5ccccc5)ccc3n4-c3ccc4c(c3)oc3ccccc34)c(B)c(B)c1n2-c1ccc(-c2ccccc2)cc1. The molecule has 0 amide bonds. The molecule has 294 valence electrons. The zero-order chi connectivity index (χ0) is 43.5. The van der Waals surface area contributed by atoms with Crippen LogP contribution >= 0.6 is 0 Å². The van der Waals surface area contributed by atoms with E-state index in [0.717, 1.165) is 27.6 Å². The number of nitrogens with zero attached hydrogens (tertiary/aromatic N) is 2. The van der Waals surface area contributed by atoms with Gasteiger partial charge in [-0.05, 0) is 93.4 Å². The molecule has 3 heterocycles. The van der Waals surface area contributed by atoms with Crippen LogP contribution in [0.2, 0.25) is 0 Å². The molecule has 0 bridgehead atoms. The summed E-state index contributed by atoms with van der Waals surface area (Å²) in [6.45, 7) is 0. The number of aromatic nitrogens is 2. The fourth-order valence-corrected chi connectivity index (χ4v) is 11.0. The minimum Gasteiger partial charge on any atom is -0.456 e. The van der Waals surface area contributed by atoms with Crippen molar-refractivity contribution >= 4 is 159 Å². The van der Waals surface area contributed by atoms with E-state index >= 15 is 0 Å². The van der Waals surface area contributed by atoms with Crippen molar-refractivity contribution in [2.75, 3.05) is 0 Å². The molecule has 12 rings (SSSR count). The second-order valence-electron chi connectivity index (χ2n) is 17.9. The van der Waals surface area contributed by atoms with Crippen LogP contribution in [0.15, 0.2) is 168 Å². The summed E-state index contributed by atoms with van der Waals surface area (Å²) in [4.78, 5) is 0. The molecule has 0 N–H and O–H groups in total. The standard InChI is InChI=1S/C54H41B7N2O/c55-46-43(47(56)51(60)53-44(46)45-48(57)49(58)50(59)52(61)54(45)63(53)33-19-15-30(16-20-33)28-9-3-1-4-10-28)32-18-24-40-38(26-32)37-25-31(29-11-5-2-6-12-29)17-23-39(37)62(40)34-21-22-36-35-13-7-8-14-41(35)64-42(36)27-34/h1-27H,55-61H2. The van der Waals surface area contributed by atoms with Crippen molar-refractivity contribution in [3.63, 3.8) is 0 Å². The van der Waals surface area contributed by atoms with Gasteiger partial charge in [0, 0.05) is 55.4 Å². The number of fused-ring (bicyclic) bond motifs is 9. The van der Waals surface area contributed by atoms with E-state index in [2.05, 4.69) is 222 Å². The Bertz CT molecular complexity index is 3910. The van der Waals surface area contributed by atoms with Crippen LogP contribution in [-0.4, -0.2) is 64.1 Å². The smallest absolute Gasteiger partial charge is 0.141 e. The fraction of sp³-hybridized carbons (Fsp3) is 0. The topological polar surface area (TPSA) is 23.0 Å². The summed E-state index contributed by atoms with van der Waals surface area (Å²) in [5.41, 5.74) is 25.8. The van der Waals surface area contributed by atoms with Gasteiger partial charge in [-0.1, -0.05) is 136 Å². The summed E-state index contributed by atoms with van der Waals surface area (Å²) in [6.07, 6.45) is 0. The van der Waals surface area contributed by atoms with Gasteiger partial charge in [0.05, 0.1) is 11.0 Å². The van der Waals surface area contributed by atoms with E-state index < -0.39 is 0 Å². The van der Waals surface area contributed by atoms with Gasteiger partial charge in [-0.2, -0.15) is 0 Å². The molecule has 3 aromatic heterocycles. The van der Waals surface area contributed by atoms with Crippen molar-refractivity contribution < 1.29 is 4.42 Å². The van der Waals surface area contributed by atoms with Crippen LogP contribution in [0.5, 0.6) is 0 Å². The highest BCUT2D eigenvalue weighted by molar-refractivity contribution is 6.69. The molecule has 0 aliphatic carbocycles. The Balaban J connectivity index is 1.12. The van der Waals surface area contributed by atoms with Gasteiger partial charge in [0.1, 0.15) is 66.1 Å². The first-order valence-corrected chi connectivity index (χ1v) is 22.4. The maximum atomic E-state index is 6.44. The molecular weight excluding hydrogens is 768 g/mol. The molecule has 0 spiro atoms. The minimum atomic E-state index is 0.892. The molecule has 3 nitrogen and oxygen atoms in total. The molecule has 64 heavy (non-hydrogen) atoms. The van der Waals surface area contributed by atoms with Crippen LogP contribution in [0, 0.1) is 0 Å². The number of rotatable bonds is 5. The van der Waals surface area contributed by atoms with E-state index in [0.29, 0.717) is 0 Å². The molecule has 10 heteroatoms. The Morgan fingerprint density at radius 3 is 1.50 bits per heavy atom. The van der Waals surface area contributed by atoms with Crippen molar-refractivity contribution in [3.8, 4) is 44.8 Å². The molecule has 0 aliphatic rings. The van der Waals surface area contributed by atoms with E-state index in [-0.39, 0.29) is 0 Å². The monoisotopic (exact) mass is 810 g/mol. The van der Waals surface area contributed by atoms with Gasteiger partial charge in [0.2, 0.25) is 0 Å². The van der Waals surface area contributed by atoms with Gasteiger partial charge in [-0.25, -0.2) is 0 Å². The number of hydrogen-bond acceptors (Lipinski definition) is 1. The first-order valence-electron chi connectivity index (χ1n) is 22.4. The lowest BCUT2D eigenvalue weighted by molar-refractivity contribution is 0.668. The lowest BCUT2D eigenvalue weighted by Gasteiger charge is -2.19. The minimum absolute atomic E-state index is 0.892. The van der Waals surface area contributed by atoms with Crippen LogP contribution in [0.4, 0.5) is 0 Å². The van der Waals surface area contributed by atoms with Crippen LogP contribution < -0.4 is 38.2 Å². The largest absolute Gasteiger partial charge is 0.456 e. The molecule has 0 fully saturated rings. The molecule has 12 aromatic rings. The molecule has 0 unspecified atom stereocenters. The molecule has 0 saturated heterocycles. The highest BCUT2D eigenvalue weighted by Crippen LogP contribution is 2.39. The predicted octanol–water partition coefficient (Wildman–Crippen LogP) is 2.59. The van der Waals surface area contributed by atoms with Gasteiger partial charge in [-0.3, -0.25) is 0 Å². The van der Waals surface area contributed by atoms with Crippen LogP contribution in [0.1, 0.15) is 0 Å². The van der Waals surface area contributed by atoms with Crippen molar-refractivity contribution in [2.45, 2.75) is 0 Å². The quantitative estimate of drug-likeness (QED) is 0.246. The molecule has 9 aromatic carbocycles. The third-order valence-electron chi connectivity index (χ3n) is 14.6. The van der Waals surface area contributed by atoms with Crippen molar-refractivity contribution in [1.29, 1.82) is 0 Å². The highest BCUT2D eigenvalue weighted by atomic mass is 16.3. The van der Waals surface area contributed by atoms with E-state index in [4.69, 9.17) is 4.42 Å². The molecule has 0 radical (unpaired) electrons. The average Bonchev–Trinajstić information content (AvgIpc) is 4.00. The number of benzene rings is 9. The molecular formula is C54H41B7N2O. The van der Waals surface area contributed by atoms with Gasteiger partial charge < -0.3 is 13.6 Å². The van der Waals surface area contributed by atoms with E-state index in [1.54, 1.807) is 0 Å². The van der Waals surface area contributed by atoms with Gasteiger partial charge in [-0.15, -0.1) is 5.46 Å². The van der Waals surface area contributed by atoms with Crippen LogP contribution in [-0.2, 0) is 0 Å². The lowest BCUT2D eigenvalue weighted by atomic mass is 9.64. The van der Waals surface area contributed by atoms with Crippen molar-refractivity contribution in [3.05, 3.63) is 164 Å². The van der Waals surface area contributed by atoms with Crippen molar-refractivity contribution in [2.24, 2.45) is 0 Å². The van der Waals surface area contributed by atoms with E-state index in [1.807, 2.05) is 6.07 Å². The first-order chi connectivity index (χ1) is 31.2. The zero-order valence-corrected chi connectivity index (χ0v) is 37.4. The number of para-hydroxylation sites is 1. The third-order valence-corrected chi connectivity index (χ3v) is 14.6. The van der Waals surface area contributed by atoms with E-state index in [9.17, 15) is 0 Å². The normalized spacial score (nSPS) is 11.9. The Labute approximate surface area is 379 Å². The summed E-state index contributed by atoms with van der Waals surface area (Å²) in [5.74, 6) is 0. The van der Waals surface area contributed by atoms with Crippen LogP contribution in [0.3, 0.4) is 0 Å². The maximum absolute atomic E-state index is 6.44. The summed E-state index contributed by atoms with van der Waals surface area (Å²) in [7, 11) is 16.3. The molecule has 0 aliphatic heterocycles. The van der Waals surface area contributed by atoms with Gasteiger partial charge in [0.25, 0.3) is 0 Å². The second-order valence-corrected chi connectivity index (χ2v) is 17.9. The fourth-order valence-electron chi connectivity index (χ4n) is 11.0. The van der Waals surface area contributed by atoms with Gasteiger partial charge >= 0.3 is 0 Å². The maximum Gasteiger partial charge on any atom is 0.141 e.